The number of hydrogen-bond acceptors (Lipinski definition) is 5. The topological polar surface area (TPSA) is 92.6 Å². The second-order valence-electron chi connectivity index (χ2n) is 6.21. The molecule has 142 valence electrons. The van der Waals surface area contributed by atoms with Gasteiger partial charge in [0.15, 0.2) is 0 Å². The Labute approximate surface area is 158 Å². The van der Waals surface area contributed by atoms with Crippen molar-refractivity contribution in [3.05, 3.63) is 35.2 Å². The predicted molar refractivity (Wildman–Crippen MR) is 98.4 cm³/mol. The second kappa shape index (κ2) is 6.52. The van der Waals surface area contributed by atoms with Gasteiger partial charge >= 0.3 is 0 Å². The van der Waals surface area contributed by atoms with Gasteiger partial charge in [0.25, 0.3) is 10.0 Å². The molecule has 11 heteroatoms. The summed E-state index contributed by atoms with van der Waals surface area (Å²) in [6, 6.07) is 4.48. The largest absolute Gasteiger partial charge is 0.324 e. The minimum Gasteiger partial charge on any atom is -0.324 e. The summed E-state index contributed by atoms with van der Waals surface area (Å²) >= 11 is 6.07. The monoisotopic (exact) mass is 418 g/mol. The van der Waals surface area contributed by atoms with E-state index in [1.807, 2.05) is 0 Å². The number of fused-ring (bicyclic) bond motifs is 1. The first-order valence-corrected chi connectivity index (χ1v) is 11.1. The Balaban J connectivity index is 2.09. The van der Waals surface area contributed by atoms with Crippen LogP contribution in [0, 0.1) is 0 Å². The first-order chi connectivity index (χ1) is 12.1. The number of rotatable bonds is 4. The predicted octanol–water partition coefficient (Wildman–Crippen LogP) is 1.47. The van der Waals surface area contributed by atoms with Crippen LogP contribution in [0.4, 0.5) is 5.69 Å². The number of anilines is 1. The molecule has 0 saturated heterocycles. The number of imidazole rings is 1. The summed E-state index contributed by atoms with van der Waals surface area (Å²) in [6.07, 6.45) is 2.50. The van der Waals surface area contributed by atoms with Gasteiger partial charge in [-0.05, 0) is 36.6 Å². The van der Waals surface area contributed by atoms with Gasteiger partial charge in [-0.1, -0.05) is 11.6 Å². The molecule has 3 rings (SSSR count). The van der Waals surface area contributed by atoms with Crippen LogP contribution in [0.15, 0.2) is 34.4 Å². The third-order valence-corrected chi connectivity index (χ3v) is 8.39. The van der Waals surface area contributed by atoms with E-state index in [1.54, 1.807) is 7.05 Å². The molecule has 26 heavy (non-hydrogen) atoms. The summed E-state index contributed by atoms with van der Waals surface area (Å²) < 4.78 is 54.5. The van der Waals surface area contributed by atoms with Crippen molar-refractivity contribution in [2.24, 2.45) is 7.05 Å². The molecule has 0 unspecified atom stereocenters. The highest BCUT2D eigenvalue weighted by atomic mass is 35.5. The number of nitrogens with zero attached hydrogens (tertiary/aromatic N) is 4. The van der Waals surface area contributed by atoms with E-state index < -0.39 is 20.0 Å². The van der Waals surface area contributed by atoms with Gasteiger partial charge in [-0.15, -0.1) is 0 Å². The number of halogens is 1. The van der Waals surface area contributed by atoms with Gasteiger partial charge in [-0.3, -0.25) is 4.31 Å². The molecule has 1 aliphatic rings. The summed E-state index contributed by atoms with van der Waals surface area (Å²) in [5.74, 6) is 0. The summed E-state index contributed by atoms with van der Waals surface area (Å²) in [6.45, 7) is 0.280. The maximum Gasteiger partial charge on any atom is 0.284 e. The van der Waals surface area contributed by atoms with Crippen LogP contribution in [0.2, 0.25) is 5.15 Å². The van der Waals surface area contributed by atoms with Gasteiger partial charge < -0.3 is 4.57 Å². The average Bonchev–Trinajstić information content (AvgIpc) is 2.93. The van der Waals surface area contributed by atoms with Crippen molar-refractivity contribution in [2.75, 3.05) is 24.9 Å². The van der Waals surface area contributed by atoms with Crippen molar-refractivity contribution in [3.8, 4) is 0 Å². The van der Waals surface area contributed by atoms with E-state index in [2.05, 4.69) is 4.98 Å². The highest BCUT2D eigenvalue weighted by Crippen LogP contribution is 2.35. The minimum absolute atomic E-state index is 0.0314. The molecule has 0 radical (unpaired) electrons. The van der Waals surface area contributed by atoms with Crippen molar-refractivity contribution < 1.29 is 16.8 Å². The number of benzene rings is 1. The van der Waals surface area contributed by atoms with Gasteiger partial charge in [-0.25, -0.2) is 17.7 Å². The van der Waals surface area contributed by atoms with Crippen LogP contribution in [-0.2, 0) is 33.5 Å². The standard InChI is InChI=1S/C15H19ClN4O4S2/c1-18(2)25(21,22)12-6-7-13-11(9-12)5-4-8-20(13)26(23,24)15-14(16)19(3)10-17-15/h6-7,9-10H,4-5,8H2,1-3H3. The first-order valence-electron chi connectivity index (χ1n) is 7.82. The van der Waals surface area contributed by atoms with Crippen molar-refractivity contribution in [1.82, 2.24) is 13.9 Å². The van der Waals surface area contributed by atoms with E-state index in [0.717, 1.165) is 4.31 Å². The Bertz CT molecular complexity index is 1060. The molecule has 0 N–H and O–H groups in total. The van der Waals surface area contributed by atoms with E-state index in [4.69, 9.17) is 11.6 Å². The zero-order valence-corrected chi connectivity index (χ0v) is 16.9. The van der Waals surface area contributed by atoms with Crippen LogP contribution in [0.5, 0.6) is 0 Å². The smallest absolute Gasteiger partial charge is 0.284 e. The Morgan fingerprint density at radius 1 is 1.19 bits per heavy atom. The molecular formula is C15H19ClN4O4S2. The average molecular weight is 419 g/mol. The Kier molecular flexibility index (Phi) is 4.80. The summed E-state index contributed by atoms with van der Waals surface area (Å²) in [5.41, 5.74) is 1.12. The van der Waals surface area contributed by atoms with Crippen molar-refractivity contribution >= 4 is 37.3 Å². The lowest BCUT2D eigenvalue weighted by atomic mass is 10.0. The van der Waals surface area contributed by atoms with Crippen molar-refractivity contribution in [3.63, 3.8) is 0 Å². The third kappa shape index (κ3) is 3.00. The molecular weight excluding hydrogens is 400 g/mol. The molecule has 1 aromatic heterocycles. The molecule has 2 aromatic rings. The van der Waals surface area contributed by atoms with E-state index >= 15 is 0 Å². The quantitative estimate of drug-likeness (QED) is 0.749. The Hall–Kier alpha value is -1.62. The minimum atomic E-state index is -3.94. The Morgan fingerprint density at radius 2 is 1.88 bits per heavy atom. The van der Waals surface area contributed by atoms with E-state index in [9.17, 15) is 16.8 Å². The highest BCUT2D eigenvalue weighted by Gasteiger charge is 2.33. The molecule has 0 atom stereocenters. The lowest BCUT2D eigenvalue weighted by Crippen LogP contribution is -2.36. The number of aryl methyl sites for hydroxylation is 2. The van der Waals surface area contributed by atoms with Crippen LogP contribution in [0.25, 0.3) is 0 Å². The molecule has 0 spiro atoms. The third-order valence-electron chi connectivity index (χ3n) is 4.27. The summed E-state index contributed by atoms with van der Waals surface area (Å²) in [7, 11) is -3.02. The molecule has 1 aliphatic heterocycles. The number of aromatic nitrogens is 2. The molecule has 2 heterocycles. The number of sulfonamides is 2. The van der Waals surface area contributed by atoms with E-state index in [1.165, 1.54) is 47.5 Å². The van der Waals surface area contributed by atoms with E-state index in [0.29, 0.717) is 24.1 Å². The van der Waals surface area contributed by atoms with Crippen LogP contribution in [-0.4, -0.2) is 51.3 Å². The fourth-order valence-corrected chi connectivity index (χ4v) is 5.72. The zero-order chi connectivity index (χ0) is 19.3. The van der Waals surface area contributed by atoms with Crippen molar-refractivity contribution in [1.29, 1.82) is 0 Å². The number of hydrogen-bond donors (Lipinski definition) is 0. The molecule has 0 aliphatic carbocycles. The second-order valence-corrected chi connectivity index (χ2v) is 10.5. The van der Waals surface area contributed by atoms with E-state index in [-0.39, 0.29) is 21.6 Å². The van der Waals surface area contributed by atoms with Crippen molar-refractivity contribution in [2.45, 2.75) is 22.8 Å². The molecule has 1 aromatic carbocycles. The van der Waals surface area contributed by atoms with Crippen LogP contribution >= 0.6 is 11.6 Å². The zero-order valence-electron chi connectivity index (χ0n) is 14.5. The SMILES string of the molecule is CN(C)S(=O)(=O)c1ccc2c(c1)CCCN2S(=O)(=O)c1ncn(C)c1Cl. The van der Waals surface area contributed by atoms with Crippen LogP contribution in [0.3, 0.4) is 0 Å². The van der Waals surface area contributed by atoms with Crippen LogP contribution < -0.4 is 4.31 Å². The first kappa shape index (κ1) is 19.2. The molecule has 0 saturated carbocycles. The maximum atomic E-state index is 13.0. The molecule has 8 nitrogen and oxygen atoms in total. The van der Waals surface area contributed by atoms with Gasteiger partial charge in [0.2, 0.25) is 15.0 Å². The fourth-order valence-electron chi connectivity index (χ4n) is 2.83. The normalized spacial score (nSPS) is 15.3. The lowest BCUT2D eigenvalue weighted by Gasteiger charge is -2.30. The molecule has 0 amide bonds. The molecule has 0 bridgehead atoms. The van der Waals surface area contributed by atoms with Crippen LogP contribution in [0.1, 0.15) is 12.0 Å². The molecule has 0 fully saturated rings. The highest BCUT2D eigenvalue weighted by molar-refractivity contribution is 7.92. The maximum absolute atomic E-state index is 13.0. The fraction of sp³-hybridized carbons (Fsp3) is 0.400. The van der Waals surface area contributed by atoms with Gasteiger partial charge in [-0.2, -0.15) is 8.42 Å². The summed E-state index contributed by atoms with van der Waals surface area (Å²) in [5, 5.41) is -0.177. The lowest BCUT2D eigenvalue weighted by molar-refractivity contribution is 0.520. The summed E-state index contributed by atoms with van der Waals surface area (Å²) in [4.78, 5) is 4.05. The van der Waals surface area contributed by atoms with Gasteiger partial charge in [0.1, 0.15) is 5.15 Å². The van der Waals surface area contributed by atoms with Gasteiger partial charge in [0.05, 0.1) is 16.9 Å². The Morgan fingerprint density at radius 3 is 2.46 bits per heavy atom. The van der Waals surface area contributed by atoms with Gasteiger partial charge in [0, 0.05) is 27.7 Å².